The van der Waals surface area contributed by atoms with Crippen LogP contribution >= 0.6 is 15.9 Å². The predicted molar refractivity (Wildman–Crippen MR) is 143 cm³/mol. The van der Waals surface area contributed by atoms with Crippen LogP contribution in [0.15, 0.2) is 125 Å². The number of hydrogen-bond acceptors (Lipinski definition) is 1. The van der Waals surface area contributed by atoms with Gasteiger partial charge in [-0.25, -0.2) is 0 Å². The lowest BCUT2D eigenvalue weighted by Crippen LogP contribution is -2.00. The highest BCUT2D eigenvalue weighted by molar-refractivity contribution is 9.10. The van der Waals surface area contributed by atoms with E-state index in [4.69, 9.17) is 4.99 Å². The Labute approximate surface area is 203 Å². The first kappa shape index (κ1) is 21.2. The van der Waals surface area contributed by atoms with Crippen molar-refractivity contribution in [2.24, 2.45) is 4.99 Å². The van der Waals surface area contributed by atoms with Crippen LogP contribution in [0.4, 0.5) is 5.69 Å². The molecule has 0 aliphatic carbocycles. The van der Waals surface area contributed by atoms with Gasteiger partial charge in [-0.3, -0.25) is 4.99 Å². The molecule has 2 nitrogen and oxygen atoms in total. The zero-order chi connectivity index (χ0) is 22.6. The Hall–Kier alpha value is -3.69. The molecule has 0 N–H and O–H groups in total. The second kappa shape index (κ2) is 9.43. The van der Waals surface area contributed by atoms with E-state index in [9.17, 15) is 0 Å². The van der Waals surface area contributed by atoms with Crippen molar-refractivity contribution in [1.82, 2.24) is 4.57 Å². The lowest BCUT2D eigenvalue weighted by Gasteiger charge is -2.15. The van der Waals surface area contributed by atoms with Gasteiger partial charge in [-0.15, -0.1) is 0 Å². The number of aromatic nitrogens is 1. The van der Waals surface area contributed by atoms with Gasteiger partial charge in [-0.1, -0.05) is 100 Å². The Bertz CT molecular complexity index is 1400. The molecule has 0 spiro atoms. The average Bonchev–Trinajstić information content (AvgIpc) is 3.24. The number of benzene rings is 4. The summed E-state index contributed by atoms with van der Waals surface area (Å²) in [4.78, 5) is 4.81. The Kier molecular flexibility index (Phi) is 6.05. The molecule has 0 fully saturated rings. The maximum absolute atomic E-state index is 4.81. The van der Waals surface area contributed by atoms with E-state index >= 15 is 0 Å². The number of aliphatic imine (C=N–C) groups is 1. The van der Waals surface area contributed by atoms with Crippen molar-refractivity contribution in [3.05, 3.63) is 131 Å². The fraction of sp³-hybridized carbons (Fsp3) is 0.0333. The summed E-state index contributed by atoms with van der Waals surface area (Å²) in [6.45, 7) is 2.12. The fourth-order valence-corrected chi connectivity index (χ4v) is 4.39. The second-order valence-corrected chi connectivity index (χ2v) is 8.89. The molecule has 0 saturated heterocycles. The molecule has 5 aromatic rings. The summed E-state index contributed by atoms with van der Waals surface area (Å²) in [5, 5.41) is 0. The molecule has 4 aromatic carbocycles. The monoisotopic (exact) mass is 490 g/mol. The van der Waals surface area contributed by atoms with Crippen LogP contribution in [0, 0.1) is 6.92 Å². The van der Waals surface area contributed by atoms with Gasteiger partial charge in [0.15, 0.2) is 0 Å². The van der Waals surface area contributed by atoms with Crippen LogP contribution in [0.3, 0.4) is 0 Å². The third-order valence-corrected chi connectivity index (χ3v) is 6.09. The highest BCUT2D eigenvalue weighted by Crippen LogP contribution is 2.35. The lowest BCUT2D eigenvalue weighted by molar-refractivity contribution is 1.09. The van der Waals surface area contributed by atoms with E-state index in [0.29, 0.717) is 0 Å². The van der Waals surface area contributed by atoms with Crippen LogP contribution in [0.2, 0.25) is 0 Å². The van der Waals surface area contributed by atoms with E-state index in [2.05, 4.69) is 118 Å². The predicted octanol–water partition coefficient (Wildman–Crippen LogP) is 8.63. The number of aryl methyl sites for hydroxylation is 1. The van der Waals surface area contributed by atoms with Gasteiger partial charge >= 0.3 is 0 Å². The highest BCUT2D eigenvalue weighted by atomic mass is 79.9. The van der Waals surface area contributed by atoms with Crippen molar-refractivity contribution < 1.29 is 0 Å². The third kappa shape index (κ3) is 4.59. The molecule has 0 bridgehead atoms. The van der Waals surface area contributed by atoms with Crippen molar-refractivity contribution in [2.45, 2.75) is 6.92 Å². The van der Waals surface area contributed by atoms with E-state index in [1.165, 1.54) is 5.56 Å². The fourth-order valence-electron chi connectivity index (χ4n) is 4.00. The normalized spacial score (nSPS) is 11.2. The summed E-state index contributed by atoms with van der Waals surface area (Å²) in [6, 6.07) is 40.0. The molecule has 5 rings (SSSR count). The van der Waals surface area contributed by atoms with Crippen LogP contribution in [-0.4, -0.2) is 10.8 Å². The number of rotatable bonds is 5. The maximum atomic E-state index is 4.81. The van der Waals surface area contributed by atoms with Gasteiger partial charge in [0.1, 0.15) is 0 Å². The van der Waals surface area contributed by atoms with Crippen LogP contribution < -0.4 is 0 Å². The average molecular weight is 491 g/mol. The molecule has 0 amide bonds. The summed E-state index contributed by atoms with van der Waals surface area (Å²) in [5.41, 5.74) is 8.91. The topological polar surface area (TPSA) is 17.3 Å². The molecule has 0 saturated carbocycles. The molecular weight excluding hydrogens is 468 g/mol. The highest BCUT2D eigenvalue weighted by Gasteiger charge is 2.18. The first-order valence-electron chi connectivity index (χ1n) is 10.9. The zero-order valence-corrected chi connectivity index (χ0v) is 19.9. The van der Waals surface area contributed by atoms with Crippen LogP contribution in [0.5, 0.6) is 0 Å². The maximum Gasteiger partial charge on any atom is 0.0641 e. The Balaban J connectivity index is 1.77. The van der Waals surface area contributed by atoms with Crippen molar-refractivity contribution >= 4 is 27.8 Å². The Morgan fingerprint density at radius 1 is 0.697 bits per heavy atom. The van der Waals surface area contributed by atoms with Crippen molar-refractivity contribution in [1.29, 1.82) is 0 Å². The van der Waals surface area contributed by atoms with Crippen molar-refractivity contribution in [3.8, 4) is 28.2 Å². The minimum absolute atomic E-state index is 0.910. The SMILES string of the molecule is Cc1ccc(-n2c(-c3ccccc3)cc(C=Nc3cccc(Br)c3)c2-c2ccccc2)cc1. The van der Waals surface area contributed by atoms with Crippen LogP contribution in [-0.2, 0) is 0 Å². The first-order valence-corrected chi connectivity index (χ1v) is 11.7. The first-order chi connectivity index (χ1) is 16.2. The van der Waals surface area contributed by atoms with E-state index in [1.54, 1.807) is 0 Å². The Morgan fingerprint density at radius 2 is 1.36 bits per heavy atom. The molecule has 0 aliphatic rings. The molecule has 33 heavy (non-hydrogen) atoms. The Morgan fingerprint density at radius 3 is 2.03 bits per heavy atom. The van der Waals surface area contributed by atoms with E-state index in [0.717, 1.165) is 43.9 Å². The zero-order valence-electron chi connectivity index (χ0n) is 18.3. The van der Waals surface area contributed by atoms with Gasteiger partial charge in [0.05, 0.1) is 17.1 Å². The van der Waals surface area contributed by atoms with Gasteiger partial charge in [-0.2, -0.15) is 0 Å². The third-order valence-electron chi connectivity index (χ3n) is 5.60. The molecular formula is C30H23BrN2. The van der Waals surface area contributed by atoms with Gasteiger partial charge in [0.25, 0.3) is 0 Å². The summed E-state index contributed by atoms with van der Waals surface area (Å²) >= 11 is 3.54. The largest absolute Gasteiger partial charge is 0.309 e. The number of hydrogen-bond donors (Lipinski definition) is 0. The van der Waals surface area contributed by atoms with Crippen molar-refractivity contribution in [3.63, 3.8) is 0 Å². The quantitative estimate of drug-likeness (QED) is 0.219. The molecule has 160 valence electrons. The molecule has 0 unspecified atom stereocenters. The molecule has 3 heteroatoms. The van der Waals surface area contributed by atoms with Gasteiger partial charge < -0.3 is 4.57 Å². The van der Waals surface area contributed by atoms with Crippen LogP contribution in [0.25, 0.3) is 28.2 Å². The molecule has 0 atom stereocenters. The lowest BCUT2D eigenvalue weighted by atomic mass is 10.1. The van der Waals surface area contributed by atoms with Crippen LogP contribution in [0.1, 0.15) is 11.1 Å². The standard InChI is InChI=1S/C30H23BrN2/c1-22-15-17-28(18-16-22)33-29(23-9-4-2-5-10-23)19-25(30(33)24-11-6-3-7-12-24)21-32-27-14-8-13-26(31)20-27/h2-21H,1H3. The second-order valence-electron chi connectivity index (χ2n) is 7.97. The van der Waals surface area contributed by atoms with Crippen molar-refractivity contribution in [2.75, 3.05) is 0 Å². The molecule has 1 heterocycles. The summed E-state index contributed by atoms with van der Waals surface area (Å²) in [7, 11) is 0. The number of halogens is 1. The molecule has 0 radical (unpaired) electrons. The number of nitrogens with zero attached hydrogens (tertiary/aromatic N) is 2. The van der Waals surface area contributed by atoms with E-state index in [1.807, 2.05) is 30.5 Å². The minimum Gasteiger partial charge on any atom is -0.309 e. The smallest absolute Gasteiger partial charge is 0.0641 e. The summed E-state index contributed by atoms with van der Waals surface area (Å²) in [5.74, 6) is 0. The van der Waals surface area contributed by atoms with E-state index < -0.39 is 0 Å². The van der Waals surface area contributed by atoms with Gasteiger partial charge in [0.2, 0.25) is 0 Å². The molecule has 0 aliphatic heterocycles. The van der Waals surface area contributed by atoms with E-state index in [-0.39, 0.29) is 0 Å². The minimum atomic E-state index is 0.910. The summed E-state index contributed by atoms with van der Waals surface area (Å²) in [6.07, 6.45) is 1.97. The molecule has 1 aromatic heterocycles. The van der Waals surface area contributed by atoms with Gasteiger partial charge in [-0.05, 0) is 54.4 Å². The van der Waals surface area contributed by atoms with Gasteiger partial charge in [0, 0.05) is 21.9 Å². The summed E-state index contributed by atoms with van der Waals surface area (Å²) < 4.78 is 3.36.